The molecular formula is C14H19N5O3. The molecule has 0 saturated heterocycles. The van der Waals surface area contributed by atoms with E-state index in [1.165, 1.54) is 0 Å². The number of aryl methyl sites for hydroxylation is 1. The van der Waals surface area contributed by atoms with Gasteiger partial charge < -0.3 is 19.8 Å². The van der Waals surface area contributed by atoms with Gasteiger partial charge in [-0.15, -0.1) is 0 Å². The summed E-state index contributed by atoms with van der Waals surface area (Å²) in [6, 6.07) is 3.53. The van der Waals surface area contributed by atoms with Crippen LogP contribution in [0.2, 0.25) is 0 Å². The Kier molecular flexibility index (Phi) is 4.21. The summed E-state index contributed by atoms with van der Waals surface area (Å²) < 4.78 is 7.01. The molecule has 8 heteroatoms. The molecule has 8 nitrogen and oxygen atoms in total. The van der Waals surface area contributed by atoms with Crippen LogP contribution < -0.4 is 9.64 Å². The topological polar surface area (TPSA) is 96.5 Å². The molecule has 1 unspecified atom stereocenters. The van der Waals surface area contributed by atoms with E-state index in [0.717, 1.165) is 25.2 Å². The van der Waals surface area contributed by atoms with E-state index in [-0.39, 0.29) is 6.61 Å². The molecule has 3 rings (SSSR count). The van der Waals surface area contributed by atoms with Crippen molar-refractivity contribution in [2.24, 2.45) is 0 Å². The number of rotatable bonds is 4. The lowest BCUT2D eigenvalue weighted by Gasteiger charge is -2.19. The van der Waals surface area contributed by atoms with Crippen LogP contribution in [0.15, 0.2) is 18.3 Å². The number of nitrogens with zero attached hydrogens (tertiary/aromatic N) is 5. The molecular weight excluding hydrogens is 286 g/mol. The number of aromatic nitrogens is 4. The van der Waals surface area contributed by atoms with Gasteiger partial charge in [0.2, 0.25) is 11.8 Å². The fraction of sp³-hybridized carbons (Fsp3) is 0.500. The predicted octanol–water partition coefficient (Wildman–Crippen LogP) is 0.118. The zero-order valence-corrected chi connectivity index (χ0v) is 12.4. The average molecular weight is 305 g/mol. The normalized spacial score (nSPS) is 16.0. The minimum Gasteiger partial charge on any atom is -0.481 e. The average Bonchev–Trinajstić information content (AvgIpc) is 2.86. The van der Waals surface area contributed by atoms with Gasteiger partial charge in [0.1, 0.15) is 6.10 Å². The summed E-state index contributed by atoms with van der Waals surface area (Å²) in [4.78, 5) is 10.7. The van der Waals surface area contributed by atoms with Crippen LogP contribution in [-0.4, -0.2) is 50.2 Å². The number of aliphatic hydroxyl groups excluding tert-OH is 2. The number of anilines is 1. The van der Waals surface area contributed by atoms with Gasteiger partial charge >= 0.3 is 0 Å². The molecule has 1 aliphatic rings. The molecule has 2 N–H and O–H groups in total. The van der Waals surface area contributed by atoms with Gasteiger partial charge in [0, 0.05) is 25.4 Å². The second kappa shape index (κ2) is 6.29. The summed E-state index contributed by atoms with van der Waals surface area (Å²) >= 11 is 0. The zero-order chi connectivity index (χ0) is 15.5. The molecule has 0 spiro atoms. The third-order valence-corrected chi connectivity index (χ3v) is 3.66. The molecule has 0 bridgehead atoms. The van der Waals surface area contributed by atoms with Crippen molar-refractivity contribution in [3.05, 3.63) is 29.7 Å². The molecule has 0 radical (unpaired) electrons. The predicted molar refractivity (Wildman–Crippen MR) is 78.5 cm³/mol. The molecule has 118 valence electrons. The highest BCUT2D eigenvalue weighted by molar-refractivity contribution is 5.34. The van der Waals surface area contributed by atoms with Crippen molar-refractivity contribution >= 4 is 5.95 Å². The van der Waals surface area contributed by atoms with E-state index < -0.39 is 6.10 Å². The lowest BCUT2D eigenvalue weighted by Crippen LogP contribution is -2.24. The lowest BCUT2D eigenvalue weighted by atomic mass is 10.2. The monoisotopic (exact) mass is 305 g/mol. The molecule has 0 fully saturated rings. The van der Waals surface area contributed by atoms with Gasteiger partial charge in [-0.3, -0.25) is 4.68 Å². The van der Waals surface area contributed by atoms with E-state index in [2.05, 4.69) is 20.0 Å². The third-order valence-electron chi connectivity index (χ3n) is 3.66. The Morgan fingerprint density at radius 3 is 3.05 bits per heavy atom. The van der Waals surface area contributed by atoms with Crippen LogP contribution in [0.5, 0.6) is 5.88 Å². The van der Waals surface area contributed by atoms with Gasteiger partial charge in [-0.25, -0.2) is 4.98 Å². The summed E-state index contributed by atoms with van der Waals surface area (Å²) in [5.74, 6) is 1.14. The zero-order valence-electron chi connectivity index (χ0n) is 12.4. The smallest absolute Gasteiger partial charge is 0.228 e. The van der Waals surface area contributed by atoms with Crippen LogP contribution in [0.3, 0.4) is 0 Å². The van der Waals surface area contributed by atoms with E-state index in [0.29, 0.717) is 24.1 Å². The van der Waals surface area contributed by atoms with Crippen molar-refractivity contribution in [1.82, 2.24) is 19.7 Å². The van der Waals surface area contributed by atoms with Crippen LogP contribution in [0.1, 0.15) is 23.9 Å². The minimum absolute atomic E-state index is 0.334. The van der Waals surface area contributed by atoms with Crippen molar-refractivity contribution in [2.45, 2.75) is 25.6 Å². The SMILES string of the molecule is COc1ccnc(N2CCCn3nc(C(O)CO)cc3C2)n1. The third kappa shape index (κ3) is 2.88. The van der Waals surface area contributed by atoms with Gasteiger partial charge in [-0.2, -0.15) is 10.1 Å². The Morgan fingerprint density at radius 2 is 2.27 bits per heavy atom. The molecule has 22 heavy (non-hydrogen) atoms. The van der Waals surface area contributed by atoms with Crippen molar-refractivity contribution in [3.63, 3.8) is 0 Å². The number of aliphatic hydroxyl groups is 2. The summed E-state index contributed by atoms with van der Waals surface area (Å²) in [6.07, 6.45) is 1.62. The fourth-order valence-corrected chi connectivity index (χ4v) is 2.51. The number of fused-ring (bicyclic) bond motifs is 1. The highest BCUT2D eigenvalue weighted by atomic mass is 16.5. The fourth-order valence-electron chi connectivity index (χ4n) is 2.51. The second-order valence-electron chi connectivity index (χ2n) is 5.16. The van der Waals surface area contributed by atoms with Gasteiger partial charge in [0.15, 0.2) is 0 Å². The van der Waals surface area contributed by atoms with Crippen LogP contribution in [0.25, 0.3) is 0 Å². The molecule has 2 aromatic heterocycles. The first-order valence-corrected chi connectivity index (χ1v) is 7.19. The first kappa shape index (κ1) is 14.7. The van der Waals surface area contributed by atoms with Crippen molar-refractivity contribution < 1.29 is 14.9 Å². The van der Waals surface area contributed by atoms with Crippen LogP contribution in [0.4, 0.5) is 5.95 Å². The molecule has 0 aliphatic carbocycles. The first-order valence-electron chi connectivity index (χ1n) is 7.19. The molecule has 0 amide bonds. The van der Waals surface area contributed by atoms with Gasteiger partial charge in [0.25, 0.3) is 0 Å². The summed E-state index contributed by atoms with van der Waals surface area (Å²) in [5, 5.41) is 23.1. The largest absolute Gasteiger partial charge is 0.481 e. The quantitative estimate of drug-likeness (QED) is 0.828. The standard InChI is InChI=1S/C14H19N5O3/c1-22-13-3-4-15-14(16-13)18-5-2-6-19-10(8-18)7-11(17-19)12(21)9-20/h3-4,7,12,20-21H,2,5-6,8-9H2,1H3. The first-order chi connectivity index (χ1) is 10.7. The van der Waals surface area contributed by atoms with Crippen molar-refractivity contribution in [1.29, 1.82) is 0 Å². The van der Waals surface area contributed by atoms with Crippen LogP contribution in [0, 0.1) is 0 Å². The van der Waals surface area contributed by atoms with Crippen LogP contribution in [-0.2, 0) is 13.1 Å². The summed E-state index contributed by atoms with van der Waals surface area (Å²) in [6.45, 7) is 1.83. The molecule has 2 aromatic rings. The number of methoxy groups -OCH3 is 1. The van der Waals surface area contributed by atoms with Gasteiger partial charge in [-0.1, -0.05) is 0 Å². The summed E-state index contributed by atoms with van der Waals surface area (Å²) in [5.41, 5.74) is 1.46. The maximum atomic E-state index is 9.72. The van der Waals surface area contributed by atoms with E-state index in [1.54, 1.807) is 19.4 Å². The van der Waals surface area contributed by atoms with E-state index in [9.17, 15) is 5.11 Å². The Hall–Kier alpha value is -2.19. The van der Waals surface area contributed by atoms with E-state index in [4.69, 9.17) is 9.84 Å². The Labute approximate surface area is 128 Å². The number of hydrogen-bond acceptors (Lipinski definition) is 7. The van der Waals surface area contributed by atoms with E-state index >= 15 is 0 Å². The second-order valence-corrected chi connectivity index (χ2v) is 5.16. The molecule has 3 heterocycles. The molecule has 0 aromatic carbocycles. The van der Waals surface area contributed by atoms with Gasteiger partial charge in [-0.05, 0) is 12.5 Å². The highest BCUT2D eigenvalue weighted by Gasteiger charge is 2.21. The Bertz CT molecular complexity index is 645. The Morgan fingerprint density at radius 1 is 1.41 bits per heavy atom. The van der Waals surface area contributed by atoms with Crippen LogP contribution >= 0.6 is 0 Å². The van der Waals surface area contributed by atoms with Crippen molar-refractivity contribution in [2.75, 3.05) is 25.2 Å². The van der Waals surface area contributed by atoms with Gasteiger partial charge in [0.05, 0.1) is 31.6 Å². The maximum absolute atomic E-state index is 9.72. The highest BCUT2D eigenvalue weighted by Crippen LogP contribution is 2.21. The summed E-state index contributed by atoms with van der Waals surface area (Å²) in [7, 11) is 1.58. The Balaban J connectivity index is 1.85. The van der Waals surface area contributed by atoms with E-state index in [1.807, 2.05) is 10.7 Å². The maximum Gasteiger partial charge on any atom is 0.228 e. The number of hydrogen-bond donors (Lipinski definition) is 2. The molecule has 0 saturated carbocycles. The minimum atomic E-state index is -0.944. The molecule has 1 aliphatic heterocycles. The van der Waals surface area contributed by atoms with Crippen molar-refractivity contribution in [3.8, 4) is 5.88 Å². The number of ether oxygens (including phenoxy) is 1. The lowest BCUT2D eigenvalue weighted by molar-refractivity contribution is 0.0916. The molecule has 1 atom stereocenters.